The highest BCUT2D eigenvalue weighted by molar-refractivity contribution is 7.10. The summed E-state index contributed by atoms with van der Waals surface area (Å²) in [5, 5.41) is 12.9. The minimum absolute atomic E-state index is 0.842. The molecule has 0 aliphatic heterocycles. The zero-order valence-electron chi connectivity index (χ0n) is 11.6. The molecule has 1 aromatic heterocycles. The van der Waals surface area contributed by atoms with Gasteiger partial charge in [0.15, 0.2) is 0 Å². The molecule has 2 nitrogen and oxygen atoms in total. The maximum atomic E-state index is 10.9. The van der Waals surface area contributed by atoms with E-state index in [4.69, 9.17) is 4.74 Å². The highest BCUT2D eigenvalue weighted by Crippen LogP contribution is 2.36. The predicted octanol–water partition coefficient (Wildman–Crippen LogP) is 3.97. The van der Waals surface area contributed by atoms with Crippen molar-refractivity contribution < 1.29 is 9.84 Å². The zero-order chi connectivity index (χ0) is 13.9. The van der Waals surface area contributed by atoms with Gasteiger partial charge < -0.3 is 9.84 Å². The molecule has 19 heavy (non-hydrogen) atoms. The fourth-order valence-corrected chi connectivity index (χ4v) is 3.14. The molecule has 1 N–H and O–H groups in total. The maximum absolute atomic E-state index is 10.9. The van der Waals surface area contributed by atoms with E-state index in [0.717, 1.165) is 34.6 Å². The van der Waals surface area contributed by atoms with E-state index in [1.807, 2.05) is 42.6 Å². The fraction of sp³-hybridized carbons (Fsp3) is 0.375. The van der Waals surface area contributed by atoms with Crippen molar-refractivity contribution in [3.8, 4) is 5.75 Å². The Kier molecular flexibility index (Phi) is 4.27. The van der Waals surface area contributed by atoms with Crippen molar-refractivity contribution in [3.05, 3.63) is 51.7 Å². The van der Waals surface area contributed by atoms with Crippen LogP contribution in [0, 0.1) is 0 Å². The van der Waals surface area contributed by atoms with Crippen LogP contribution in [0.3, 0.4) is 0 Å². The van der Waals surface area contributed by atoms with Gasteiger partial charge in [0.25, 0.3) is 0 Å². The lowest BCUT2D eigenvalue weighted by Crippen LogP contribution is -2.23. The molecule has 0 fully saturated rings. The quantitative estimate of drug-likeness (QED) is 0.895. The smallest absolute Gasteiger partial charge is 0.121 e. The lowest BCUT2D eigenvalue weighted by Gasteiger charge is -2.26. The van der Waals surface area contributed by atoms with E-state index in [0.29, 0.717) is 0 Å². The molecule has 102 valence electrons. The van der Waals surface area contributed by atoms with Gasteiger partial charge in [-0.2, -0.15) is 0 Å². The van der Waals surface area contributed by atoms with Gasteiger partial charge in [0.05, 0.1) is 7.11 Å². The Morgan fingerprint density at radius 3 is 2.68 bits per heavy atom. The van der Waals surface area contributed by atoms with Crippen molar-refractivity contribution in [1.82, 2.24) is 0 Å². The minimum atomic E-state index is -0.940. The second-order valence-electron chi connectivity index (χ2n) is 4.82. The van der Waals surface area contributed by atoms with Gasteiger partial charge in [-0.25, -0.2) is 0 Å². The average Bonchev–Trinajstić information content (AvgIpc) is 2.93. The molecule has 0 saturated heterocycles. The molecule has 0 radical (unpaired) electrons. The van der Waals surface area contributed by atoms with Crippen molar-refractivity contribution in [1.29, 1.82) is 0 Å². The Balaban J connectivity index is 2.48. The molecular weight excluding hydrogens is 256 g/mol. The summed E-state index contributed by atoms with van der Waals surface area (Å²) < 4.78 is 5.28. The van der Waals surface area contributed by atoms with Gasteiger partial charge in [0.2, 0.25) is 0 Å². The van der Waals surface area contributed by atoms with Crippen molar-refractivity contribution in [3.63, 3.8) is 0 Å². The molecule has 2 rings (SSSR count). The number of methoxy groups -OCH3 is 1. The number of rotatable bonds is 5. The summed E-state index contributed by atoms with van der Waals surface area (Å²) in [6.07, 6.45) is 1.98. The molecule has 0 aliphatic carbocycles. The summed E-state index contributed by atoms with van der Waals surface area (Å²) in [5.41, 5.74) is 1.18. The zero-order valence-corrected chi connectivity index (χ0v) is 12.5. The van der Waals surface area contributed by atoms with Crippen LogP contribution >= 0.6 is 11.3 Å². The fourth-order valence-electron chi connectivity index (χ4n) is 2.34. The Bertz CT molecular complexity index is 530. The monoisotopic (exact) mass is 276 g/mol. The van der Waals surface area contributed by atoms with E-state index in [9.17, 15) is 5.11 Å². The molecule has 0 aliphatic rings. The van der Waals surface area contributed by atoms with Crippen LogP contribution in [0.2, 0.25) is 0 Å². The van der Waals surface area contributed by atoms with Crippen molar-refractivity contribution in [2.24, 2.45) is 0 Å². The summed E-state index contributed by atoms with van der Waals surface area (Å²) in [4.78, 5) is 0.968. The van der Waals surface area contributed by atoms with Crippen LogP contribution in [-0.2, 0) is 12.0 Å². The van der Waals surface area contributed by atoms with Gasteiger partial charge in [-0.05, 0) is 48.1 Å². The highest BCUT2D eigenvalue weighted by Gasteiger charge is 2.29. The van der Waals surface area contributed by atoms with E-state index in [1.165, 1.54) is 0 Å². The summed E-state index contributed by atoms with van der Waals surface area (Å²) in [6, 6.07) is 9.86. The number of aliphatic hydroxyl groups is 1. The lowest BCUT2D eigenvalue weighted by molar-refractivity contribution is 0.105. The molecule has 3 heteroatoms. The van der Waals surface area contributed by atoms with Crippen LogP contribution < -0.4 is 4.74 Å². The Morgan fingerprint density at radius 1 is 1.32 bits per heavy atom. The molecule has 0 spiro atoms. The van der Waals surface area contributed by atoms with Crippen molar-refractivity contribution in [2.45, 2.75) is 32.3 Å². The summed E-state index contributed by atoms with van der Waals surface area (Å²) in [6.45, 7) is 4.00. The van der Waals surface area contributed by atoms with Crippen LogP contribution in [-0.4, -0.2) is 12.2 Å². The molecule has 1 unspecified atom stereocenters. The van der Waals surface area contributed by atoms with Gasteiger partial charge in [-0.1, -0.05) is 25.5 Å². The highest BCUT2D eigenvalue weighted by atomic mass is 32.1. The lowest BCUT2D eigenvalue weighted by atomic mass is 9.88. The average molecular weight is 276 g/mol. The molecule has 0 bridgehead atoms. The van der Waals surface area contributed by atoms with E-state index in [-0.39, 0.29) is 0 Å². The molecule has 1 atom stereocenters. The molecule has 0 amide bonds. The number of aryl methyl sites for hydroxylation is 1. The van der Waals surface area contributed by atoms with Crippen LogP contribution in [0.5, 0.6) is 5.75 Å². The topological polar surface area (TPSA) is 29.5 Å². The van der Waals surface area contributed by atoms with Crippen molar-refractivity contribution in [2.75, 3.05) is 7.11 Å². The van der Waals surface area contributed by atoms with Crippen molar-refractivity contribution >= 4 is 11.3 Å². The molecule has 0 saturated carbocycles. The summed E-state index contributed by atoms with van der Waals surface area (Å²) in [5.74, 6) is 0.842. The predicted molar refractivity (Wildman–Crippen MR) is 80.0 cm³/mol. The number of hydrogen-bond donors (Lipinski definition) is 1. The molecule has 1 heterocycles. The standard InChI is InChI=1S/C16H20O2S/c1-4-6-12-11-13(18-3)8-9-14(12)16(2,17)15-7-5-10-19-15/h5,7-11,17H,4,6H2,1-3H3. The minimum Gasteiger partial charge on any atom is -0.497 e. The Morgan fingerprint density at radius 2 is 2.11 bits per heavy atom. The molecule has 2 aromatic rings. The van der Waals surface area contributed by atoms with Gasteiger partial charge in [-0.3, -0.25) is 0 Å². The Hall–Kier alpha value is -1.32. The van der Waals surface area contributed by atoms with Gasteiger partial charge in [0, 0.05) is 4.88 Å². The third-order valence-electron chi connectivity index (χ3n) is 3.36. The number of thiophene rings is 1. The van der Waals surface area contributed by atoms with Gasteiger partial charge >= 0.3 is 0 Å². The first-order valence-electron chi connectivity index (χ1n) is 6.53. The second kappa shape index (κ2) is 5.76. The summed E-state index contributed by atoms with van der Waals surface area (Å²) >= 11 is 1.58. The second-order valence-corrected chi connectivity index (χ2v) is 5.77. The number of benzene rings is 1. The first-order chi connectivity index (χ1) is 9.09. The number of hydrogen-bond acceptors (Lipinski definition) is 3. The molecular formula is C16H20O2S. The maximum Gasteiger partial charge on any atom is 0.121 e. The first kappa shape index (κ1) is 14.1. The van der Waals surface area contributed by atoms with Crippen LogP contribution in [0.15, 0.2) is 35.7 Å². The Labute approximate surface area is 118 Å². The number of ether oxygens (including phenoxy) is 1. The van der Waals surface area contributed by atoms with Crippen LogP contribution in [0.25, 0.3) is 0 Å². The van der Waals surface area contributed by atoms with E-state index in [1.54, 1.807) is 18.4 Å². The van der Waals surface area contributed by atoms with Gasteiger partial charge in [-0.15, -0.1) is 11.3 Å². The van der Waals surface area contributed by atoms with Crippen LogP contribution in [0.1, 0.15) is 36.3 Å². The van der Waals surface area contributed by atoms with E-state index < -0.39 is 5.60 Å². The normalized spacial score (nSPS) is 14.1. The van der Waals surface area contributed by atoms with E-state index in [2.05, 4.69) is 6.92 Å². The third kappa shape index (κ3) is 2.82. The molecule has 1 aromatic carbocycles. The summed E-state index contributed by atoms with van der Waals surface area (Å²) in [7, 11) is 1.67. The van der Waals surface area contributed by atoms with Gasteiger partial charge in [0.1, 0.15) is 11.4 Å². The third-order valence-corrected chi connectivity index (χ3v) is 4.44. The van der Waals surface area contributed by atoms with Crippen LogP contribution in [0.4, 0.5) is 0 Å². The first-order valence-corrected chi connectivity index (χ1v) is 7.41. The van der Waals surface area contributed by atoms with E-state index >= 15 is 0 Å². The largest absolute Gasteiger partial charge is 0.497 e. The SMILES string of the molecule is CCCc1cc(OC)ccc1C(C)(O)c1cccs1.